The molecule has 0 heterocycles. The van der Waals surface area contributed by atoms with Gasteiger partial charge in [0.2, 0.25) is 5.96 Å². The van der Waals surface area contributed by atoms with E-state index in [1.54, 1.807) is 24.3 Å². The fraction of sp³-hybridized carbons (Fsp3) is 0.438. The van der Waals surface area contributed by atoms with Crippen LogP contribution in [0.5, 0.6) is 0 Å². The molecule has 0 saturated carbocycles. The van der Waals surface area contributed by atoms with E-state index in [1.807, 2.05) is 0 Å². The second-order valence-corrected chi connectivity index (χ2v) is 5.10. The number of carbonyl (C=O) groups is 1. The Bertz CT molecular complexity index is 548. The third-order valence-corrected chi connectivity index (χ3v) is 3.07. The van der Waals surface area contributed by atoms with Gasteiger partial charge in [0.15, 0.2) is 5.96 Å². The molecule has 0 fully saturated rings. The molecule has 1 rings (SSSR count). The first kappa shape index (κ1) is 18.5. The Labute approximate surface area is 136 Å². The molecule has 126 valence electrons. The highest BCUT2D eigenvalue weighted by atomic mass is 16.5. The molecule has 0 spiro atoms. The average Bonchev–Trinajstić information content (AvgIpc) is 2.50. The zero-order valence-electron chi connectivity index (χ0n) is 13.5. The smallest absolute Gasteiger partial charge is 0.338 e. The van der Waals surface area contributed by atoms with Gasteiger partial charge in [0.05, 0.1) is 17.9 Å². The Morgan fingerprint density at radius 1 is 1.04 bits per heavy atom. The molecule has 0 aliphatic rings. The van der Waals surface area contributed by atoms with Gasteiger partial charge < -0.3 is 21.9 Å². The van der Waals surface area contributed by atoms with Gasteiger partial charge in [0.1, 0.15) is 0 Å². The highest BCUT2D eigenvalue weighted by Gasteiger charge is 2.06. The first-order valence-electron chi connectivity index (χ1n) is 7.74. The van der Waals surface area contributed by atoms with Crippen molar-refractivity contribution in [3.63, 3.8) is 0 Å². The number of hydrogen-bond donors (Lipinski definition) is 3. The van der Waals surface area contributed by atoms with Gasteiger partial charge in [-0.3, -0.25) is 0 Å². The number of aliphatic imine (C=N–C) groups is 2. The first-order valence-corrected chi connectivity index (χ1v) is 7.74. The molecule has 0 amide bonds. The number of nitrogens with two attached hydrogens (primary N) is 3. The number of esters is 1. The van der Waals surface area contributed by atoms with E-state index in [0.717, 1.165) is 12.8 Å². The van der Waals surface area contributed by atoms with Crippen molar-refractivity contribution in [1.29, 1.82) is 0 Å². The lowest BCUT2D eigenvalue weighted by Crippen LogP contribution is -2.26. The number of benzene rings is 1. The first-order chi connectivity index (χ1) is 11.0. The van der Waals surface area contributed by atoms with Gasteiger partial charge in [-0.25, -0.2) is 9.79 Å². The standard InChI is InChI=1S/C16H25N5O2/c1-2-3-4-5-6-11-23-14(22)12-7-9-13(10-8-12)20-16(19)21-15(17)18/h7-10H,2-6,11H2,1H3,(H6,17,18,19,20,21). The Morgan fingerprint density at radius 3 is 2.30 bits per heavy atom. The fourth-order valence-electron chi connectivity index (χ4n) is 1.92. The van der Waals surface area contributed by atoms with Crippen LogP contribution in [0.15, 0.2) is 34.3 Å². The van der Waals surface area contributed by atoms with Crippen molar-refractivity contribution in [3.8, 4) is 0 Å². The molecule has 0 saturated heterocycles. The van der Waals surface area contributed by atoms with E-state index in [0.29, 0.717) is 17.9 Å². The van der Waals surface area contributed by atoms with Gasteiger partial charge >= 0.3 is 5.97 Å². The summed E-state index contributed by atoms with van der Waals surface area (Å²) in [6.45, 7) is 2.61. The Kier molecular flexibility index (Phi) is 8.20. The van der Waals surface area contributed by atoms with Crippen LogP contribution < -0.4 is 17.2 Å². The quantitative estimate of drug-likeness (QED) is 0.292. The van der Waals surface area contributed by atoms with Crippen LogP contribution in [0.3, 0.4) is 0 Å². The highest BCUT2D eigenvalue weighted by Crippen LogP contribution is 2.14. The third kappa shape index (κ3) is 7.85. The molecule has 7 nitrogen and oxygen atoms in total. The topological polar surface area (TPSA) is 129 Å². The molecule has 23 heavy (non-hydrogen) atoms. The Balaban J connectivity index is 2.46. The molecule has 0 aromatic heterocycles. The second kappa shape index (κ2) is 10.2. The molecule has 7 heteroatoms. The number of hydrogen-bond acceptors (Lipinski definition) is 3. The van der Waals surface area contributed by atoms with E-state index in [1.165, 1.54) is 19.3 Å². The normalized spacial score (nSPS) is 11.1. The molecule has 6 N–H and O–H groups in total. The lowest BCUT2D eigenvalue weighted by atomic mass is 10.2. The molecule has 0 radical (unpaired) electrons. The number of unbranched alkanes of at least 4 members (excludes halogenated alkanes) is 4. The predicted octanol–water partition coefficient (Wildman–Crippen LogP) is 2.03. The molecular weight excluding hydrogens is 294 g/mol. The molecular formula is C16H25N5O2. The van der Waals surface area contributed by atoms with Crippen molar-refractivity contribution in [2.75, 3.05) is 6.61 Å². The van der Waals surface area contributed by atoms with Crippen LogP contribution in [-0.4, -0.2) is 24.5 Å². The molecule has 0 aliphatic carbocycles. The lowest BCUT2D eigenvalue weighted by Gasteiger charge is -2.05. The fourth-order valence-corrected chi connectivity index (χ4v) is 1.92. The maximum absolute atomic E-state index is 11.9. The largest absolute Gasteiger partial charge is 0.462 e. The van der Waals surface area contributed by atoms with Crippen LogP contribution in [0.2, 0.25) is 0 Å². The van der Waals surface area contributed by atoms with Gasteiger partial charge in [-0.2, -0.15) is 4.99 Å². The van der Waals surface area contributed by atoms with Crippen LogP contribution in [0.25, 0.3) is 0 Å². The Hall–Kier alpha value is -2.57. The molecule has 0 bridgehead atoms. The number of nitrogens with zero attached hydrogens (tertiary/aromatic N) is 2. The van der Waals surface area contributed by atoms with Crippen LogP contribution in [0, 0.1) is 0 Å². The molecule has 0 unspecified atom stereocenters. The number of rotatable bonds is 8. The monoisotopic (exact) mass is 319 g/mol. The van der Waals surface area contributed by atoms with E-state index in [4.69, 9.17) is 21.9 Å². The number of carbonyl (C=O) groups excluding carboxylic acids is 1. The average molecular weight is 319 g/mol. The molecule has 1 aromatic rings. The van der Waals surface area contributed by atoms with E-state index in [2.05, 4.69) is 16.9 Å². The van der Waals surface area contributed by atoms with Crippen LogP contribution in [0.1, 0.15) is 49.4 Å². The van der Waals surface area contributed by atoms with E-state index in [9.17, 15) is 4.79 Å². The number of guanidine groups is 2. The van der Waals surface area contributed by atoms with Crippen molar-refractivity contribution in [3.05, 3.63) is 29.8 Å². The summed E-state index contributed by atoms with van der Waals surface area (Å²) in [6.07, 6.45) is 5.57. The second-order valence-electron chi connectivity index (χ2n) is 5.10. The summed E-state index contributed by atoms with van der Waals surface area (Å²) in [7, 11) is 0. The summed E-state index contributed by atoms with van der Waals surface area (Å²) in [5, 5.41) is 0. The summed E-state index contributed by atoms with van der Waals surface area (Å²) < 4.78 is 5.23. The summed E-state index contributed by atoms with van der Waals surface area (Å²) in [4.78, 5) is 19.5. The van der Waals surface area contributed by atoms with Crippen molar-refractivity contribution < 1.29 is 9.53 Å². The van der Waals surface area contributed by atoms with Gasteiger partial charge in [-0.05, 0) is 30.7 Å². The van der Waals surface area contributed by atoms with Crippen LogP contribution in [0.4, 0.5) is 5.69 Å². The van der Waals surface area contributed by atoms with Crippen molar-refractivity contribution in [2.45, 2.75) is 39.0 Å². The van der Waals surface area contributed by atoms with E-state index in [-0.39, 0.29) is 17.9 Å². The van der Waals surface area contributed by atoms with Crippen LogP contribution in [-0.2, 0) is 4.74 Å². The summed E-state index contributed by atoms with van der Waals surface area (Å²) in [5.41, 5.74) is 16.9. The minimum atomic E-state index is -0.340. The van der Waals surface area contributed by atoms with Gasteiger partial charge in [0.25, 0.3) is 0 Å². The molecule has 1 aromatic carbocycles. The Morgan fingerprint density at radius 2 is 1.70 bits per heavy atom. The zero-order valence-corrected chi connectivity index (χ0v) is 13.5. The predicted molar refractivity (Wildman–Crippen MR) is 92.6 cm³/mol. The van der Waals surface area contributed by atoms with Gasteiger partial charge in [-0.1, -0.05) is 32.6 Å². The van der Waals surface area contributed by atoms with Crippen molar-refractivity contribution >= 4 is 23.6 Å². The zero-order chi connectivity index (χ0) is 17.1. The summed E-state index contributed by atoms with van der Waals surface area (Å²) in [5.74, 6) is -0.550. The van der Waals surface area contributed by atoms with E-state index >= 15 is 0 Å². The maximum atomic E-state index is 11.9. The van der Waals surface area contributed by atoms with Gasteiger partial charge in [-0.15, -0.1) is 0 Å². The summed E-state index contributed by atoms with van der Waals surface area (Å²) >= 11 is 0. The summed E-state index contributed by atoms with van der Waals surface area (Å²) in [6, 6.07) is 6.54. The maximum Gasteiger partial charge on any atom is 0.338 e. The van der Waals surface area contributed by atoms with E-state index < -0.39 is 0 Å². The highest BCUT2D eigenvalue weighted by molar-refractivity contribution is 5.94. The number of ether oxygens (including phenoxy) is 1. The lowest BCUT2D eigenvalue weighted by molar-refractivity contribution is 0.0497. The molecule has 0 atom stereocenters. The van der Waals surface area contributed by atoms with Crippen LogP contribution >= 0.6 is 0 Å². The van der Waals surface area contributed by atoms with Crippen molar-refractivity contribution in [1.82, 2.24) is 0 Å². The minimum Gasteiger partial charge on any atom is -0.462 e. The molecule has 0 aliphatic heterocycles. The third-order valence-electron chi connectivity index (χ3n) is 3.07. The van der Waals surface area contributed by atoms with Crippen molar-refractivity contribution in [2.24, 2.45) is 27.2 Å². The minimum absolute atomic E-state index is 0.0487. The van der Waals surface area contributed by atoms with Gasteiger partial charge in [0, 0.05) is 0 Å². The SMILES string of the molecule is CCCCCCCOC(=O)c1ccc(N=C(N)N=C(N)N)cc1.